The molecule has 0 aliphatic heterocycles. The van der Waals surface area contributed by atoms with Crippen molar-refractivity contribution in [1.29, 1.82) is 5.26 Å². The van der Waals surface area contributed by atoms with Gasteiger partial charge in [0.15, 0.2) is 0 Å². The molecule has 5 nitrogen and oxygen atoms in total. The zero-order valence-electron chi connectivity index (χ0n) is 13.5. The number of carbonyl (C=O) groups is 2. The van der Waals surface area contributed by atoms with Crippen LogP contribution in [0.25, 0.3) is 0 Å². The zero-order chi connectivity index (χ0) is 17.4. The summed E-state index contributed by atoms with van der Waals surface area (Å²) in [6, 6.07) is 16.8. The van der Waals surface area contributed by atoms with E-state index in [1.807, 2.05) is 37.3 Å². The van der Waals surface area contributed by atoms with E-state index >= 15 is 0 Å². The van der Waals surface area contributed by atoms with Crippen LogP contribution in [0.4, 0.5) is 5.69 Å². The minimum Gasteiger partial charge on any atom is -0.352 e. The van der Waals surface area contributed by atoms with E-state index in [9.17, 15) is 9.59 Å². The maximum Gasteiger partial charge on any atom is 0.238 e. The van der Waals surface area contributed by atoms with Gasteiger partial charge in [-0.15, -0.1) is 0 Å². The molecule has 0 fully saturated rings. The van der Waals surface area contributed by atoms with Crippen molar-refractivity contribution in [1.82, 2.24) is 5.32 Å². The number of amides is 2. The standard InChI is InChI=1S/C19H19N3O2/c1-14-5-7-15(8-6-14)12-19(24)21-13-16-3-2-4-17(11-16)22-18(23)9-10-20/h2-8,11H,9,12-13H2,1H3,(H,21,24)(H,22,23). The van der Waals surface area contributed by atoms with E-state index in [0.29, 0.717) is 18.7 Å². The van der Waals surface area contributed by atoms with Crippen molar-refractivity contribution in [3.63, 3.8) is 0 Å². The molecule has 2 amide bonds. The molecule has 2 rings (SSSR count). The van der Waals surface area contributed by atoms with Gasteiger partial charge in [-0.2, -0.15) is 5.26 Å². The third-order valence-corrected chi connectivity index (χ3v) is 3.43. The summed E-state index contributed by atoms with van der Waals surface area (Å²) in [5.41, 5.74) is 3.62. The number of aryl methyl sites for hydroxylation is 1. The Kier molecular flexibility index (Phi) is 6.09. The van der Waals surface area contributed by atoms with Crippen molar-refractivity contribution in [2.75, 3.05) is 5.32 Å². The fourth-order valence-electron chi connectivity index (χ4n) is 2.19. The summed E-state index contributed by atoms with van der Waals surface area (Å²) in [7, 11) is 0. The Hall–Kier alpha value is -3.13. The average molecular weight is 321 g/mol. The van der Waals surface area contributed by atoms with Gasteiger partial charge in [-0.05, 0) is 30.2 Å². The number of rotatable bonds is 6. The molecule has 5 heteroatoms. The molecule has 2 aromatic carbocycles. The van der Waals surface area contributed by atoms with Crippen LogP contribution in [-0.4, -0.2) is 11.8 Å². The Morgan fingerprint density at radius 1 is 1.04 bits per heavy atom. The molecule has 0 saturated carbocycles. The number of hydrogen-bond acceptors (Lipinski definition) is 3. The van der Waals surface area contributed by atoms with E-state index in [4.69, 9.17) is 5.26 Å². The summed E-state index contributed by atoms with van der Waals surface area (Å²) in [5.74, 6) is -0.407. The van der Waals surface area contributed by atoms with Crippen LogP contribution in [-0.2, 0) is 22.6 Å². The molecule has 0 bridgehead atoms. The fraction of sp³-hybridized carbons (Fsp3) is 0.211. The number of nitrogens with zero attached hydrogens (tertiary/aromatic N) is 1. The SMILES string of the molecule is Cc1ccc(CC(=O)NCc2cccc(NC(=O)CC#N)c2)cc1. The van der Waals surface area contributed by atoms with Gasteiger partial charge in [-0.1, -0.05) is 42.0 Å². The molecule has 0 spiro atoms. The third-order valence-electron chi connectivity index (χ3n) is 3.43. The molecule has 0 heterocycles. The van der Waals surface area contributed by atoms with Gasteiger partial charge in [0.05, 0.1) is 12.5 Å². The first kappa shape index (κ1) is 17.2. The van der Waals surface area contributed by atoms with E-state index in [1.165, 1.54) is 0 Å². The molecular formula is C19H19N3O2. The Morgan fingerprint density at radius 3 is 2.50 bits per heavy atom. The summed E-state index contributed by atoms with van der Waals surface area (Å²) in [5, 5.41) is 14.0. The number of nitrogens with one attached hydrogen (secondary N) is 2. The van der Waals surface area contributed by atoms with Crippen molar-refractivity contribution < 1.29 is 9.59 Å². The van der Waals surface area contributed by atoms with Crippen LogP contribution in [0.1, 0.15) is 23.1 Å². The molecule has 0 aliphatic rings. The van der Waals surface area contributed by atoms with Crippen molar-refractivity contribution >= 4 is 17.5 Å². The summed E-state index contributed by atoms with van der Waals surface area (Å²) in [6.45, 7) is 2.39. The van der Waals surface area contributed by atoms with E-state index < -0.39 is 0 Å². The number of hydrogen-bond donors (Lipinski definition) is 2. The second-order valence-corrected chi connectivity index (χ2v) is 5.52. The molecule has 0 unspecified atom stereocenters. The summed E-state index contributed by atoms with van der Waals surface area (Å²) >= 11 is 0. The van der Waals surface area contributed by atoms with Crippen LogP contribution in [0.2, 0.25) is 0 Å². The van der Waals surface area contributed by atoms with Crippen LogP contribution in [0, 0.1) is 18.3 Å². The quantitative estimate of drug-likeness (QED) is 0.858. The molecule has 0 radical (unpaired) electrons. The molecule has 0 saturated heterocycles. The lowest BCUT2D eigenvalue weighted by molar-refractivity contribution is -0.120. The molecular weight excluding hydrogens is 302 g/mol. The first-order valence-electron chi connectivity index (χ1n) is 7.65. The molecule has 122 valence electrons. The smallest absolute Gasteiger partial charge is 0.238 e. The second-order valence-electron chi connectivity index (χ2n) is 5.52. The Bertz CT molecular complexity index is 761. The third kappa shape index (κ3) is 5.58. The number of carbonyl (C=O) groups excluding carboxylic acids is 2. The largest absolute Gasteiger partial charge is 0.352 e. The predicted molar refractivity (Wildman–Crippen MR) is 92.0 cm³/mol. The highest BCUT2D eigenvalue weighted by molar-refractivity contribution is 5.92. The van der Waals surface area contributed by atoms with Crippen molar-refractivity contribution in [2.45, 2.75) is 26.3 Å². The highest BCUT2D eigenvalue weighted by atomic mass is 16.2. The van der Waals surface area contributed by atoms with Gasteiger partial charge in [0.1, 0.15) is 6.42 Å². The van der Waals surface area contributed by atoms with Gasteiger partial charge in [-0.25, -0.2) is 0 Å². The van der Waals surface area contributed by atoms with Crippen LogP contribution >= 0.6 is 0 Å². The lowest BCUT2D eigenvalue weighted by atomic mass is 10.1. The van der Waals surface area contributed by atoms with Crippen LogP contribution < -0.4 is 10.6 Å². The van der Waals surface area contributed by atoms with Crippen LogP contribution in [0.5, 0.6) is 0 Å². The Labute approximate surface area is 141 Å². The second kappa shape index (κ2) is 8.49. The monoisotopic (exact) mass is 321 g/mol. The zero-order valence-corrected chi connectivity index (χ0v) is 13.5. The summed E-state index contributed by atoms with van der Waals surface area (Å²) in [6.07, 6.45) is 0.149. The summed E-state index contributed by atoms with van der Waals surface area (Å²) < 4.78 is 0. The fourth-order valence-corrected chi connectivity index (χ4v) is 2.19. The maximum absolute atomic E-state index is 12.0. The van der Waals surface area contributed by atoms with Gasteiger partial charge in [0.2, 0.25) is 11.8 Å². The average Bonchev–Trinajstić information content (AvgIpc) is 2.56. The lowest BCUT2D eigenvalue weighted by Gasteiger charge is -2.08. The highest BCUT2D eigenvalue weighted by Crippen LogP contribution is 2.11. The van der Waals surface area contributed by atoms with Crippen LogP contribution in [0.15, 0.2) is 48.5 Å². The number of anilines is 1. The van der Waals surface area contributed by atoms with E-state index in [2.05, 4.69) is 10.6 Å². The molecule has 24 heavy (non-hydrogen) atoms. The lowest BCUT2D eigenvalue weighted by Crippen LogP contribution is -2.24. The first-order chi connectivity index (χ1) is 11.6. The van der Waals surface area contributed by atoms with Crippen LogP contribution in [0.3, 0.4) is 0 Å². The number of benzene rings is 2. The van der Waals surface area contributed by atoms with Gasteiger partial charge in [0.25, 0.3) is 0 Å². The molecule has 2 N–H and O–H groups in total. The Morgan fingerprint density at radius 2 is 1.79 bits per heavy atom. The minimum absolute atomic E-state index is 0.0576. The topological polar surface area (TPSA) is 82.0 Å². The normalized spacial score (nSPS) is 9.83. The van der Waals surface area contributed by atoms with E-state index in [-0.39, 0.29) is 18.2 Å². The maximum atomic E-state index is 12.0. The van der Waals surface area contributed by atoms with Gasteiger partial charge < -0.3 is 10.6 Å². The summed E-state index contributed by atoms with van der Waals surface area (Å²) in [4.78, 5) is 23.4. The highest BCUT2D eigenvalue weighted by Gasteiger charge is 2.05. The van der Waals surface area contributed by atoms with Crippen molar-refractivity contribution in [2.24, 2.45) is 0 Å². The molecule has 0 aromatic heterocycles. The number of nitriles is 1. The first-order valence-corrected chi connectivity index (χ1v) is 7.65. The Balaban J connectivity index is 1.87. The van der Waals surface area contributed by atoms with E-state index in [1.54, 1.807) is 24.3 Å². The molecule has 0 aliphatic carbocycles. The minimum atomic E-state index is -0.349. The van der Waals surface area contributed by atoms with Gasteiger partial charge >= 0.3 is 0 Å². The van der Waals surface area contributed by atoms with Gasteiger partial charge in [0, 0.05) is 12.2 Å². The molecule has 0 atom stereocenters. The van der Waals surface area contributed by atoms with Crippen molar-refractivity contribution in [3.05, 3.63) is 65.2 Å². The van der Waals surface area contributed by atoms with Crippen molar-refractivity contribution in [3.8, 4) is 6.07 Å². The van der Waals surface area contributed by atoms with Gasteiger partial charge in [-0.3, -0.25) is 9.59 Å². The van der Waals surface area contributed by atoms with E-state index in [0.717, 1.165) is 16.7 Å². The predicted octanol–water partition coefficient (Wildman–Crippen LogP) is 2.71. The molecule has 2 aromatic rings.